The van der Waals surface area contributed by atoms with Gasteiger partial charge in [0, 0.05) is 24.0 Å². The maximum absolute atomic E-state index is 5.59. The van der Waals surface area contributed by atoms with E-state index in [-0.39, 0.29) is 0 Å². The number of fused-ring (bicyclic) bond motifs is 1. The lowest BCUT2D eigenvalue weighted by atomic mass is 9.93. The number of aryl methyl sites for hydroxylation is 1. The lowest BCUT2D eigenvalue weighted by molar-refractivity contribution is 0.228. The Morgan fingerprint density at radius 1 is 1.64 bits per heavy atom. The Morgan fingerprint density at radius 3 is 3.29 bits per heavy atom. The minimum Gasteiger partial charge on any atom is -0.329 e. The van der Waals surface area contributed by atoms with E-state index in [2.05, 4.69) is 23.4 Å². The molecule has 0 aromatic carbocycles. The van der Waals surface area contributed by atoms with Gasteiger partial charge in [0.1, 0.15) is 0 Å². The van der Waals surface area contributed by atoms with Gasteiger partial charge in [0.05, 0.1) is 0 Å². The molecule has 0 amide bonds. The summed E-state index contributed by atoms with van der Waals surface area (Å²) in [5, 5.41) is 2.22. The average molecular weight is 210 g/mol. The van der Waals surface area contributed by atoms with Crippen LogP contribution in [0.3, 0.4) is 0 Å². The highest BCUT2D eigenvalue weighted by molar-refractivity contribution is 7.10. The van der Waals surface area contributed by atoms with E-state index in [0.717, 1.165) is 13.1 Å². The molecular weight excluding hydrogens is 192 g/mol. The van der Waals surface area contributed by atoms with Crippen molar-refractivity contribution in [2.24, 2.45) is 5.73 Å². The number of thiophene rings is 1. The Labute approximate surface area is 89.7 Å². The second-order valence-corrected chi connectivity index (χ2v) is 4.98. The van der Waals surface area contributed by atoms with E-state index in [9.17, 15) is 0 Å². The summed E-state index contributed by atoms with van der Waals surface area (Å²) in [7, 11) is 2.18. The highest BCUT2D eigenvalue weighted by atomic mass is 32.1. The molecule has 2 nitrogen and oxygen atoms in total. The van der Waals surface area contributed by atoms with Gasteiger partial charge in [-0.05, 0) is 43.3 Å². The summed E-state index contributed by atoms with van der Waals surface area (Å²) in [6.07, 6.45) is 3.90. The Kier molecular flexibility index (Phi) is 3.21. The molecule has 1 aromatic rings. The molecule has 2 N–H and O–H groups in total. The molecule has 0 spiro atoms. The third-order valence-corrected chi connectivity index (χ3v) is 4.03. The van der Waals surface area contributed by atoms with E-state index < -0.39 is 0 Å². The van der Waals surface area contributed by atoms with Crippen molar-refractivity contribution in [3.05, 3.63) is 21.9 Å². The van der Waals surface area contributed by atoms with Crippen LogP contribution in [0, 0.1) is 0 Å². The zero-order chi connectivity index (χ0) is 9.97. The molecule has 14 heavy (non-hydrogen) atoms. The zero-order valence-electron chi connectivity index (χ0n) is 8.70. The van der Waals surface area contributed by atoms with Crippen molar-refractivity contribution in [3.63, 3.8) is 0 Å². The Balaban J connectivity index is 2.15. The quantitative estimate of drug-likeness (QED) is 0.827. The largest absolute Gasteiger partial charge is 0.329 e. The highest BCUT2D eigenvalue weighted by Crippen LogP contribution is 2.36. The normalized spacial score (nSPS) is 21.2. The molecule has 1 aromatic heterocycles. The maximum Gasteiger partial charge on any atom is 0.0356 e. The summed E-state index contributed by atoms with van der Waals surface area (Å²) in [6.45, 7) is 1.76. The summed E-state index contributed by atoms with van der Waals surface area (Å²) in [4.78, 5) is 3.98. The lowest BCUT2D eigenvalue weighted by Gasteiger charge is -2.31. The van der Waals surface area contributed by atoms with Gasteiger partial charge >= 0.3 is 0 Å². The van der Waals surface area contributed by atoms with Crippen molar-refractivity contribution in [1.82, 2.24) is 4.90 Å². The summed E-state index contributed by atoms with van der Waals surface area (Å²) in [5.74, 6) is 0. The lowest BCUT2D eigenvalue weighted by Crippen LogP contribution is -2.31. The maximum atomic E-state index is 5.59. The van der Waals surface area contributed by atoms with Crippen LogP contribution in [-0.4, -0.2) is 25.0 Å². The molecule has 3 heteroatoms. The molecule has 0 aliphatic heterocycles. The molecule has 2 rings (SSSR count). The first-order valence-corrected chi connectivity index (χ1v) is 6.17. The molecule has 1 unspecified atom stereocenters. The number of hydrogen-bond acceptors (Lipinski definition) is 3. The van der Waals surface area contributed by atoms with Crippen molar-refractivity contribution in [2.75, 3.05) is 20.1 Å². The molecule has 0 saturated heterocycles. The van der Waals surface area contributed by atoms with Gasteiger partial charge in [-0.25, -0.2) is 0 Å². The molecule has 0 fully saturated rings. The summed E-state index contributed by atoms with van der Waals surface area (Å²) < 4.78 is 0. The predicted molar refractivity (Wildman–Crippen MR) is 61.7 cm³/mol. The second kappa shape index (κ2) is 4.43. The van der Waals surface area contributed by atoms with Crippen LogP contribution in [0.2, 0.25) is 0 Å². The van der Waals surface area contributed by atoms with E-state index in [1.54, 1.807) is 10.4 Å². The van der Waals surface area contributed by atoms with Crippen LogP contribution >= 0.6 is 11.3 Å². The summed E-state index contributed by atoms with van der Waals surface area (Å²) in [6, 6.07) is 2.91. The minimum atomic E-state index is 0.619. The van der Waals surface area contributed by atoms with Gasteiger partial charge in [-0.1, -0.05) is 0 Å². The van der Waals surface area contributed by atoms with Crippen molar-refractivity contribution in [3.8, 4) is 0 Å². The number of rotatable bonds is 3. The second-order valence-electron chi connectivity index (χ2n) is 3.98. The van der Waals surface area contributed by atoms with Crippen molar-refractivity contribution in [1.29, 1.82) is 0 Å². The standard InChI is InChI=1S/C11H18N2S/c1-13(7-6-12)10-3-2-4-11-9(10)5-8-14-11/h5,8,10H,2-4,6-7,12H2,1H3. The third kappa shape index (κ3) is 1.85. The van der Waals surface area contributed by atoms with Gasteiger partial charge in [-0.3, -0.25) is 4.90 Å². The van der Waals surface area contributed by atoms with Gasteiger partial charge in [0.2, 0.25) is 0 Å². The van der Waals surface area contributed by atoms with Crippen molar-refractivity contribution >= 4 is 11.3 Å². The van der Waals surface area contributed by atoms with Crippen LogP contribution in [0.4, 0.5) is 0 Å². The van der Waals surface area contributed by atoms with Crippen LogP contribution in [0.1, 0.15) is 29.3 Å². The van der Waals surface area contributed by atoms with Crippen LogP contribution < -0.4 is 5.73 Å². The predicted octanol–water partition coefficient (Wildman–Crippen LogP) is 2.02. The fourth-order valence-corrected chi connectivity index (χ4v) is 3.26. The molecule has 1 aliphatic carbocycles. The first-order chi connectivity index (χ1) is 6.83. The molecule has 1 heterocycles. The summed E-state index contributed by atoms with van der Waals surface area (Å²) >= 11 is 1.91. The fraction of sp³-hybridized carbons (Fsp3) is 0.636. The first-order valence-electron chi connectivity index (χ1n) is 5.29. The topological polar surface area (TPSA) is 29.3 Å². The molecule has 0 bridgehead atoms. The smallest absolute Gasteiger partial charge is 0.0356 e. The van der Waals surface area contributed by atoms with Crippen molar-refractivity contribution < 1.29 is 0 Å². The molecule has 0 saturated carbocycles. The Morgan fingerprint density at radius 2 is 2.50 bits per heavy atom. The number of likely N-dealkylation sites (N-methyl/N-ethyl adjacent to an activating group) is 1. The van der Waals surface area contributed by atoms with Gasteiger partial charge in [-0.2, -0.15) is 0 Å². The van der Waals surface area contributed by atoms with Crippen LogP contribution in [0.5, 0.6) is 0 Å². The Bertz CT molecular complexity index is 295. The first kappa shape index (κ1) is 10.1. The molecule has 1 atom stereocenters. The summed E-state index contributed by atoms with van der Waals surface area (Å²) in [5.41, 5.74) is 7.15. The van der Waals surface area contributed by atoms with Gasteiger partial charge < -0.3 is 5.73 Å². The SMILES string of the molecule is CN(CCN)C1CCCc2sccc21. The zero-order valence-corrected chi connectivity index (χ0v) is 9.52. The van der Waals surface area contributed by atoms with Gasteiger partial charge in [0.15, 0.2) is 0 Å². The molecular formula is C11H18N2S. The number of nitrogens with two attached hydrogens (primary N) is 1. The van der Waals surface area contributed by atoms with Gasteiger partial charge in [-0.15, -0.1) is 11.3 Å². The van der Waals surface area contributed by atoms with E-state index in [4.69, 9.17) is 5.73 Å². The fourth-order valence-electron chi connectivity index (χ4n) is 2.28. The monoisotopic (exact) mass is 210 g/mol. The molecule has 1 aliphatic rings. The van der Waals surface area contributed by atoms with E-state index in [0.29, 0.717) is 6.04 Å². The van der Waals surface area contributed by atoms with Crippen LogP contribution in [0.25, 0.3) is 0 Å². The molecule has 0 radical (unpaired) electrons. The highest BCUT2D eigenvalue weighted by Gasteiger charge is 2.23. The van der Waals surface area contributed by atoms with E-state index in [1.807, 2.05) is 11.3 Å². The van der Waals surface area contributed by atoms with E-state index in [1.165, 1.54) is 19.3 Å². The van der Waals surface area contributed by atoms with Gasteiger partial charge in [0.25, 0.3) is 0 Å². The molecule has 78 valence electrons. The van der Waals surface area contributed by atoms with Crippen LogP contribution in [-0.2, 0) is 6.42 Å². The minimum absolute atomic E-state index is 0.619. The third-order valence-electron chi connectivity index (χ3n) is 3.03. The number of hydrogen-bond donors (Lipinski definition) is 1. The van der Waals surface area contributed by atoms with E-state index >= 15 is 0 Å². The van der Waals surface area contributed by atoms with Crippen molar-refractivity contribution in [2.45, 2.75) is 25.3 Å². The number of nitrogens with zero attached hydrogens (tertiary/aromatic N) is 1. The Hall–Kier alpha value is -0.380. The average Bonchev–Trinajstić information content (AvgIpc) is 2.65. The van der Waals surface area contributed by atoms with Crippen LogP contribution in [0.15, 0.2) is 11.4 Å².